The van der Waals surface area contributed by atoms with Crippen LogP contribution in [0.4, 0.5) is 0 Å². The molecule has 7 rings (SSSR count). The van der Waals surface area contributed by atoms with Gasteiger partial charge in [0.25, 0.3) is 0 Å². The molecular formula is C30H19PS2. The van der Waals surface area contributed by atoms with Gasteiger partial charge < -0.3 is 0 Å². The summed E-state index contributed by atoms with van der Waals surface area (Å²) in [6, 6.07) is 37.9. The van der Waals surface area contributed by atoms with Crippen molar-refractivity contribution >= 4 is 61.2 Å². The number of rotatable bonds is 3. The minimum atomic E-state index is -0.708. The summed E-state index contributed by atoms with van der Waals surface area (Å²) in [4.78, 5) is 0. The second-order valence-corrected chi connectivity index (χ2v) is 12.1. The average molecular weight is 475 g/mol. The predicted molar refractivity (Wildman–Crippen MR) is 150 cm³/mol. The normalized spacial score (nSPS) is 11.6. The molecule has 0 saturated carbocycles. The quantitative estimate of drug-likeness (QED) is 0.239. The molecule has 0 spiro atoms. The van der Waals surface area contributed by atoms with E-state index in [1.807, 2.05) is 22.7 Å². The zero-order chi connectivity index (χ0) is 21.8. The molecule has 0 nitrogen and oxygen atoms in total. The highest BCUT2D eigenvalue weighted by atomic mass is 32.1. The van der Waals surface area contributed by atoms with E-state index >= 15 is 0 Å². The Morgan fingerprint density at radius 3 is 1.33 bits per heavy atom. The minimum absolute atomic E-state index is 0.708. The molecule has 0 unspecified atom stereocenters. The lowest BCUT2D eigenvalue weighted by atomic mass is 10.0. The predicted octanol–water partition coefficient (Wildman–Crippen LogP) is 10.6. The van der Waals surface area contributed by atoms with E-state index in [2.05, 4.69) is 114 Å². The van der Waals surface area contributed by atoms with Crippen LogP contribution in [0.3, 0.4) is 0 Å². The lowest BCUT2D eigenvalue weighted by molar-refractivity contribution is 1.71. The van der Waals surface area contributed by atoms with Gasteiger partial charge in [0.2, 0.25) is 0 Å². The first-order valence-corrected chi connectivity index (χ1v) is 14.1. The van der Waals surface area contributed by atoms with E-state index in [1.165, 1.54) is 58.0 Å². The van der Waals surface area contributed by atoms with E-state index < -0.39 is 7.53 Å². The molecule has 3 heterocycles. The molecule has 0 aliphatic carbocycles. The molecule has 0 fully saturated rings. The zero-order valence-corrected chi connectivity index (χ0v) is 20.3. The molecule has 0 atom stereocenters. The van der Waals surface area contributed by atoms with E-state index in [-0.39, 0.29) is 0 Å². The van der Waals surface area contributed by atoms with Crippen molar-refractivity contribution in [1.82, 2.24) is 0 Å². The number of thiophene rings is 2. The fraction of sp³-hybridized carbons (Fsp3) is 0. The topological polar surface area (TPSA) is 0 Å². The summed E-state index contributed by atoms with van der Waals surface area (Å²) < 4.78 is 2.84. The molecule has 3 aromatic heterocycles. The van der Waals surface area contributed by atoms with Crippen molar-refractivity contribution in [2.24, 2.45) is 0 Å². The summed E-state index contributed by atoms with van der Waals surface area (Å²) in [5.74, 6) is 0. The maximum atomic E-state index is 2.32. The van der Waals surface area contributed by atoms with Crippen LogP contribution in [-0.4, -0.2) is 0 Å². The van der Waals surface area contributed by atoms with E-state index in [9.17, 15) is 0 Å². The Bertz CT molecular complexity index is 1630. The lowest BCUT2D eigenvalue weighted by Crippen LogP contribution is -1.76. The Morgan fingerprint density at radius 2 is 0.879 bits per heavy atom. The van der Waals surface area contributed by atoms with Crippen LogP contribution in [-0.2, 0) is 0 Å². The molecule has 7 aromatic rings. The van der Waals surface area contributed by atoms with Crippen LogP contribution in [0.1, 0.15) is 0 Å². The second kappa shape index (κ2) is 7.71. The highest BCUT2D eigenvalue weighted by molar-refractivity contribution is 7.64. The highest BCUT2D eigenvalue weighted by Gasteiger charge is 2.26. The van der Waals surface area contributed by atoms with Gasteiger partial charge >= 0.3 is 0 Å². The molecule has 0 aliphatic heterocycles. The Kier molecular flexibility index (Phi) is 4.52. The van der Waals surface area contributed by atoms with Gasteiger partial charge in [-0.05, 0) is 39.3 Å². The summed E-state index contributed by atoms with van der Waals surface area (Å²) in [6.07, 6.45) is 0. The molecule has 33 heavy (non-hydrogen) atoms. The maximum absolute atomic E-state index is 2.32. The first kappa shape index (κ1) is 19.3. The summed E-state index contributed by atoms with van der Waals surface area (Å²) >= 11 is 3.77. The van der Waals surface area contributed by atoms with E-state index in [0.717, 1.165) is 0 Å². The Hall–Kier alpha value is -3.16. The first-order valence-electron chi connectivity index (χ1n) is 11.0. The van der Waals surface area contributed by atoms with Crippen molar-refractivity contribution in [3.8, 4) is 27.0 Å². The van der Waals surface area contributed by atoms with Crippen LogP contribution in [0.15, 0.2) is 114 Å². The van der Waals surface area contributed by atoms with Gasteiger partial charge in [0.1, 0.15) is 0 Å². The van der Waals surface area contributed by atoms with Crippen molar-refractivity contribution < 1.29 is 0 Å². The van der Waals surface area contributed by atoms with Crippen LogP contribution < -0.4 is 0 Å². The molecule has 0 amide bonds. The standard InChI is InChI=1S/C30H19PS2/c1-4-10-20(11-5-1)27-25-26(30-24(17-19-33-30)23-16-18-32-29(23)25)28(21-12-6-2-7-13-21)31(27)22-14-8-3-9-15-22/h1-19H. The van der Waals surface area contributed by atoms with Crippen molar-refractivity contribution in [3.05, 3.63) is 114 Å². The molecule has 4 aromatic carbocycles. The van der Waals surface area contributed by atoms with Gasteiger partial charge in [0.15, 0.2) is 0 Å². The SMILES string of the molecule is c1ccc(-c2c3c4sccc4c4ccsc4c3c(-c3ccccc3)p2-c2ccccc2)cc1. The zero-order valence-electron chi connectivity index (χ0n) is 17.7. The monoisotopic (exact) mass is 474 g/mol. The fourth-order valence-corrected chi connectivity index (χ4v) is 10.0. The molecule has 0 N–H and O–H groups in total. The minimum Gasteiger partial charge on any atom is -0.143 e. The number of hydrogen-bond acceptors (Lipinski definition) is 2. The van der Waals surface area contributed by atoms with Crippen molar-refractivity contribution in [2.45, 2.75) is 0 Å². The first-order chi connectivity index (χ1) is 16.4. The van der Waals surface area contributed by atoms with Crippen molar-refractivity contribution in [2.75, 3.05) is 0 Å². The number of fused-ring (bicyclic) bond motifs is 6. The van der Waals surface area contributed by atoms with Gasteiger partial charge in [-0.25, -0.2) is 0 Å². The summed E-state index contributed by atoms with van der Waals surface area (Å²) in [5, 5.41) is 14.6. The molecule has 156 valence electrons. The van der Waals surface area contributed by atoms with E-state index in [0.29, 0.717) is 0 Å². The van der Waals surface area contributed by atoms with Gasteiger partial charge in [-0.3, -0.25) is 0 Å². The number of hydrogen-bond donors (Lipinski definition) is 0. The third kappa shape index (κ3) is 2.89. The maximum Gasteiger partial charge on any atom is 0.0438 e. The van der Waals surface area contributed by atoms with Crippen LogP contribution in [0.2, 0.25) is 0 Å². The third-order valence-corrected chi connectivity index (χ3v) is 10.9. The molecule has 3 heteroatoms. The summed E-state index contributed by atoms with van der Waals surface area (Å²) in [7, 11) is -0.708. The van der Waals surface area contributed by atoms with Crippen LogP contribution in [0.5, 0.6) is 0 Å². The third-order valence-electron chi connectivity index (χ3n) is 6.35. The molecule has 0 saturated heterocycles. The van der Waals surface area contributed by atoms with E-state index in [4.69, 9.17) is 0 Å². The molecule has 0 bridgehead atoms. The lowest BCUT2D eigenvalue weighted by Gasteiger charge is -2.11. The van der Waals surface area contributed by atoms with Gasteiger partial charge in [0.05, 0.1) is 0 Å². The summed E-state index contributed by atoms with van der Waals surface area (Å²) in [6.45, 7) is 0. The largest absolute Gasteiger partial charge is 0.143 e. The van der Waals surface area contributed by atoms with E-state index in [1.54, 1.807) is 0 Å². The van der Waals surface area contributed by atoms with Crippen molar-refractivity contribution in [3.63, 3.8) is 0 Å². The van der Waals surface area contributed by atoms with Gasteiger partial charge in [0, 0.05) is 41.5 Å². The van der Waals surface area contributed by atoms with Crippen LogP contribution in [0, 0.1) is 0 Å². The van der Waals surface area contributed by atoms with Crippen molar-refractivity contribution in [1.29, 1.82) is 0 Å². The Morgan fingerprint density at radius 1 is 0.455 bits per heavy atom. The fourth-order valence-electron chi connectivity index (χ4n) is 5.02. The van der Waals surface area contributed by atoms with Crippen LogP contribution >= 0.6 is 30.2 Å². The Labute approximate surface area is 201 Å². The smallest absolute Gasteiger partial charge is 0.0438 e. The van der Waals surface area contributed by atoms with Gasteiger partial charge in [-0.15, -0.1) is 22.7 Å². The van der Waals surface area contributed by atoms with Gasteiger partial charge in [-0.1, -0.05) is 98.5 Å². The Balaban J connectivity index is 1.82. The highest BCUT2D eigenvalue weighted by Crippen LogP contribution is 2.64. The molecule has 0 radical (unpaired) electrons. The molecular weight excluding hydrogens is 455 g/mol. The van der Waals surface area contributed by atoms with Gasteiger partial charge in [-0.2, -0.15) is 0 Å². The second-order valence-electron chi connectivity index (χ2n) is 8.18. The summed E-state index contributed by atoms with van der Waals surface area (Å²) in [5.41, 5.74) is 2.68. The molecule has 0 aliphatic rings. The average Bonchev–Trinajstić information content (AvgIpc) is 3.62. The number of benzene rings is 4. The van der Waals surface area contributed by atoms with Crippen LogP contribution in [0.25, 0.3) is 58.0 Å².